The number of carbonyl (C=O) groups excluding carboxylic acids is 1. The maximum atomic E-state index is 14.8. The highest BCUT2D eigenvalue weighted by atomic mass is 127. The van der Waals surface area contributed by atoms with Crippen molar-refractivity contribution in [3.8, 4) is 0 Å². The lowest BCUT2D eigenvalue weighted by atomic mass is 9.98. The standard InChI is InChI=1S/C27H35FIN5O/c1-4-30-25(35)18-23-21-9-6-10-22(28)26(21)27(29)34(31-23)13-7-12-32-14-16-33(17-15-32)24-11-5-8-19(2)20(24)3/h5-6,8-11,27H,4,7,12-18H2,1-3H3,(H,30,35). The molecular weight excluding hydrogens is 556 g/mol. The molecule has 8 heteroatoms. The number of anilines is 1. The summed E-state index contributed by atoms with van der Waals surface area (Å²) in [5.74, 6) is -0.326. The molecule has 0 bridgehead atoms. The highest BCUT2D eigenvalue weighted by molar-refractivity contribution is 14.1. The van der Waals surface area contributed by atoms with E-state index < -0.39 is 0 Å². The minimum absolute atomic E-state index is 0.0879. The van der Waals surface area contributed by atoms with Crippen LogP contribution in [-0.2, 0) is 4.79 Å². The van der Waals surface area contributed by atoms with Gasteiger partial charge in [-0.05, 0) is 50.5 Å². The third-order valence-electron chi connectivity index (χ3n) is 6.97. The van der Waals surface area contributed by atoms with Gasteiger partial charge < -0.3 is 10.2 Å². The lowest BCUT2D eigenvalue weighted by molar-refractivity contribution is -0.119. The monoisotopic (exact) mass is 591 g/mol. The third-order valence-corrected chi connectivity index (χ3v) is 8.23. The maximum absolute atomic E-state index is 14.8. The zero-order valence-electron chi connectivity index (χ0n) is 20.9. The fourth-order valence-electron chi connectivity index (χ4n) is 4.89. The largest absolute Gasteiger partial charge is 0.369 e. The molecule has 2 aliphatic heterocycles. The molecule has 1 saturated heterocycles. The molecule has 0 aromatic heterocycles. The first-order chi connectivity index (χ1) is 16.9. The fourth-order valence-corrected chi connectivity index (χ4v) is 5.93. The molecule has 0 spiro atoms. The van der Waals surface area contributed by atoms with Crippen molar-refractivity contribution in [1.82, 2.24) is 15.2 Å². The molecule has 0 aliphatic carbocycles. The fraction of sp³-hybridized carbons (Fsp3) is 0.481. The number of hydrogen-bond donors (Lipinski definition) is 1. The first-order valence-electron chi connectivity index (χ1n) is 12.5. The number of halogens is 2. The summed E-state index contributed by atoms with van der Waals surface area (Å²) in [6.07, 6.45) is 1.09. The molecule has 35 heavy (non-hydrogen) atoms. The van der Waals surface area contributed by atoms with E-state index in [0.717, 1.165) is 51.3 Å². The molecule has 2 aromatic carbocycles. The Morgan fingerprint density at radius 2 is 1.86 bits per heavy atom. The number of rotatable bonds is 8. The van der Waals surface area contributed by atoms with Crippen LogP contribution in [0.4, 0.5) is 10.1 Å². The van der Waals surface area contributed by atoms with Gasteiger partial charge >= 0.3 is 0 Å². The number of hydrazone groups is 1. The minimum Gasteiger partial charge on any atom is -0.369 e. The number of benzene rings is 2. The smallest absolute Gasteiger partial charge is 0.226 e. The van der Waals surface area contributed by atoms with E-state index in [1.807, 2.05) is 18.0 Å². The van der Waals surface area contributed by atoms with Gasteiger partial charge in [-0.1, -0.05) is 46.9 Å². The molecular formula is C27H35FIN5O. The molecule has 1 fully saturated rings. The Morgan fingerprint density at radius 1 is 1.11 bits per heavy atom. The number of nitrogens with zero attached hydrogens (tertiary/aromatic N) is 4. The second kappa shape index (κ2) is 11.7. The lowest BCUT2D eigenvalue weighted by Gasteiger charge is -2.37. The number of alkyl halides is 1. The van der Waals surface area contributed by atoms with Crippen LogP contribution >= 0.6 is 22.6 Å². The van der Waals surface area contributed by atoms with E-state index in [9.17, 15) is 9.18 Å². The van der Waals surface area contributed by atoms with E-state index in [1.165, 1.54) is 22.9 Å². The van der Waals surface area contributed by atoms with Gasteiger partial charge in [-0.3, -0.25) is 14.7 Å². The van der Waals surface area contributed by atoms with Gasteiger partial charge in [0.1, 0.15) is 9.87 Å². The average Bonchev–Trinajstić information content (AvgIpc) is 2.84. The van der Waals surface area contributed by atoms with Crippen molar-refractivity contribution in [1.29, 1.82) is 0 Å². The summed E-state index contributed by atoms with van der Waals surface area (Å²) in [4.78, 5) is 17.3. The van der Waals surface area contributed by atoms with Crippen molar-refractivity contribution < 1.29 is 9.18 Å². The molecule has 2 aromatic rings. The van der Waals surface area contributed by atoms with Crippen LogP contribution in [0.5, 0.6) is 0 Å². The van der Waals surface area contributed by atoms with E-state index in [2.05, 4.69) is 69.8 Å². The summed E-state index contributed by atoms with van der Waals surface area (Å²) >= 11 is 2.26. The van der Waals surface area contributed by atoms with Crippen LogP contribution in [0.3, 0.4) is 0 Å². The number of amides is 1. The van der Waals surface area contributed by atoms with E-state index >= 15 is 0 Å². The van der Waals surface area contributed by atoms with Crippen molar-refractivity contribution in [3.63, 3.8) is 0 Å². The van der Waals surface area contributed by atoms with E-state index in [0.29, 0.717) is 17.8 Å². The van der Waals surface area contributed by atoms with Crippen LogP contribution < -0.4 is 10.2 Å². The van der Waals surface area contributed by atoms with Gasteiger partial charge in [-0.15, -0.1) is 0 Å². The second-order valence-corrected chi connectivity index (χ2v) is 10.5. The van der Waals surface area contributed by atoms with Gasteiger partial charge in [0.25, 0.3) is 0 Å². The number of fused-ring (bicyclic) bond motifs is 1. The molecule has 4 rings (SSSR count). The first-order valence-corrected chi connectivity index (χ1v) is 13.7. The molecule has 188 valence electrons. The van der Waals surface area contributed by atoms with Gasteiger partial charge in [-0.25, -0.2) is 4.39 Å². The normalized spacial score (nSPS) is 18.3. The summed E-state index contributed by atoms with van der Waals surface area (Å²) in [6, 6.07) is 11.6. The van der Waals surface area contributed by atoms with Gasteiger partial charge in [0.05, 0.1) is 12.1 Å². The Labute approximate surface area is 221 Å². The van der Waals surface area contributed by atoms with Gasteiger partial charge in [0, 0.05) is 62.6 Å². The highest BCUT2D eigenvalue weighted by Gasteiger charge is 2.30. The zero-order valence-corrected chi connectivity index (χ0v) is 23.0. The summed E-state index contributed by atoms with van der Waals surface area (Å²) in [5.41, 5.74) is 6.07. The number of piperazine rings is 1. The van der Waals surface area contributed by atoms with Crippen molar-refractivity contribution in [2.75, 3.05) is 50.7 Å². The van der Waals surface area contributed by atoms with Crippen LogP contribution in [0.25, 0.3) is 0 Å². The maximum Gasteiger partial charge on any atom is 0.226 e. The van der Waals surface area contributed by atoms with Crippen molar-refractivity contribution in [3.05, 3.63) is 64.5 Å². The number of hydrogen-bond acceptors (Lipinski definition) is 5. The number of carbonyl (C=O) groups is 1. The third kappa shape index (κ3) is 5.97. The molecule has 0 radical (unpaired) electrons. The predicted octanol–water partition coefficient (Wildman–Crippen LogP) is 4.63. The van der Waals surface area contributed by atoms with E-state index in [1.54, 1.807) is 6.07 Å². The molecule has 1 atom stereocenters. The molecule has 2 heterocycles. The summed E-state index contributed by atoms with van der Waals surface area (Å²) in [7, 11) is 0. The van der Waals surface area contributed by atoms with Crippen LogP contribution in [0, 0.1) is 19.7 Å². The SMILES string of the molecule is CCNC(=O)CC1=NN(CCCN2CCN(c3cccc(C)c3C)CC2)C(I)c2c(F)cccc21. The van der Waals surface area contributed by atoms with Crippen molar-refractivity contribution in [2.24, 2.45) is 5.10 Å². The molecule has 6 nitrogen and oxygen atoms in total. The Bertz CT molecular complexity index is 1080. The van der Waals surface area contributed by atoms with Crippen LogP contribution in [-0.4, -0.2) is 67.3 Å². The van der Waals surface area contributed by atoms with Crippen LogP contribution in [0.15, 0.2) is 41.5 Å². The summed E-state index contributed by atoms with van der Waals surface area (Å²) in [6.45, 7) is 12.6. The molecule has 1 amide bonds. The second-order valence-electron chi connectivity index (χ2n) is 9.28. The Balaban J connectivity index is 1.35. The molecule has 2 aliphatic rings. The lowest BCUT2D eigenvalue weighted by Crippen LogP contribution is -2.47. The summed E-state index contributed by atoms with van der Waals surface area (Å²) < 4.78 is 14.6. The predicted molar refractivity (Wildman–Crippen MR) is 149 cm³/mol. The number of aryl methyl sites for hydroxylation is 1. The average molecular weight is 592 g/mol. The van der Waals surface area contributed by atoms with Crippen molar-refractivity contribution in [2.45, 2.75) is 37.7 Å². The Morgan fingerprint density at radius 3 is 2.60 bits per heavy atom. The highest BCUT2D eigenvalue weighted by Crippen LogP contribution is 2.37. The summed E-state index contributed by atoms with van der Waals surface area (Å²) in [5, 5.41) is 9.59. The van der Waals surface area contributed by atoms with Gasteiger partial charge in [0.2, 0.25) is 5.91 Å². The van der Waals surface area contributed by atoms with E-state index in [4.69, 9.17) is 5.10 Å². The molecule has 0 saturated carbocycles. The Kier molecular flexibility index (Phi) is 8.64. The van der Waals surface area contributed by atoms with Crippen molar-refractivity contribution >= 4 is 39.9 Å². The molecule has 1 N–H and O–H groups in total. The Hall–Kier alpha value is -2.20. The minimum atomic E-state index is -0.238. The first kappa shape index (κ1) is 25.9. The van der Waals surface area contributed by atoms with Crippen LogP contribution in [0.2, 0.25) is 0 Å². The van der Waals surface area contributed by atoms with Gasteiger partial charge in [-0.2, -0.15) is 5.10 Å². The quantitative estimate of drug-likeness (QED) is 0.277. The van der Waals surface area contributed by atoms with E-state index in [-0.39, 0.29) is 22.2 Å². The number of nitrogens with one attached hydrogen (secondary N) is 1. The van der Waals surface area contributed by atoms with Crippen LogP contribution in [0.1, 0.15) is 46.1 Å². The van der Waals surface area contributed by atoms with Gasteiger partial charge in [0.15, 0.2) is 0 Å². The topological polar surface area (TPSA) is 51.2 Å². The molecule has 1 unspecified atom stereocenters. The zero-order chi connectivity index (χ0) is 24.9.